The van der Waals surface area contributed by atoms with E-state index in [9.17, 15) is 14.7 Å². The smallest absolute Gasteiger partial charge is 0.326 e. The van der Waals surface area contributed by atoms with Crippen molar-refractivity contribution in [3.05, 3.63) is 23.0 Å². The Morgan fingerprint density at radius 2 is 2.00 bits per heavy atom. The van der Waals surface area contributed by atoms with Crippen LogP contribution in [0, 0.1) is 19.8 Å². The molecule has 124 valence electrons. The lowest BCUT2D eigenvalue weighted by Crippen LogP contribution is -2.45. The fourth-order valence-electron chi connectivity index (χ4n) is 2.56. The van der Waals surface area contributed by atoms with E-state index in [-0.39, 0.29) is 5.92 Å². The van der Waals surface area contributed by atoms with Gasteiger partial charge >= 0.3 is 5.97 Å². The van der Waals surface area contributed by atoms with E-state index in [1.54, 1.807) is 31.6 Å². The summed E-state index contributed by atoms with van der Waals surface area (Å²) in [6, 6.07) is 0.808. The Kier molecular flexibility index (Phi) is 4.68. The van der Waals surface area contributed by atoms with Crippen LogP contribution in [0.4, 0.5) is 0 Å². The van der Waals surface area contributed by atoms with E-state index < -0.39 is 17.9 Å². The molecule has 0 unspecified atom stereocenters. The van der Waals surface area contributed by atoms with Gasteiger partial charge in [-0.3, -0.25) is 9.48 Å². The number of hydrogen-bond donors (Lipinski definition) is 2. The minimum Gasteiger partial charge on any atom is -0.480 e. The van der Waals surface area contributed by atoms with E-state index >= 15 is 0 Å². The largest absolute Gasteiger partial charge is 0.480 e. The lowest BCUT2D eigenvalue weighted by molar-refractivity contribution is -0.140. The third-order valence-electron chi connectivity index (χ3n) is 4.20. The average Bonchev–Trinajstić information content (AvgIpc) is 2.76. The minimum absolute atomic E-state index is 0.159. The number of nitrogens with one attached hydrogen (secondary N) is 1. The van der Waals surface area contributed by atoms with Gasteiger partial charge in [-0.05, 0) is 25.8 Å². The zero-order valence-electron chi connectivity index (χ0n) is 14.0. The molecule has 0 bridgehead atoms. The number of carboxylic acids is 1. The monoisotopic (exact) mass is 318 g/mol. The fourth-order valence-corrected chi connectivity index (χ4v) is 2.56. The number of amides is 1. The summed E-state index contributed by atoms with van der Waals surface area (Å²) in [7, 11) is 1.80. The molecule has 0 spiro atoms. The van der Waals surface area contributed by atoms with Crippen LogP contribution in [0.3, 0.4) is 0 Å². The molecule has 0 aliphatic carbocycles. The van der Waals surface area contributed by atoms with Crippen molar-refractivity contribution in [2.75, 3.05) is 0 Å². The van der Waals surface area contributed by atoms with Crippen molar-refractivity contribution < 1.29 is 14.7 Å². The molecule has 2 rings (SSSR count). The Hall–Kier alpha value is -2.44. The first-order valence-electron chi connectivity index (χ1n) is 7.60. The Labute approximate surface area is 134 Å². The van der Waals surface area contributed by atoms with Crippen molar-refractivity contribution in [3.8, 4) is 0 Å². The predicted molar refractivity (Wildman–Crippen MR) is 86.3 cm³/mol. The van der Waals surface area contributed by atoms with Crippen molar-refractivity contribution in [1.29, 1.82) is 0 Å². The molecule has 7 nitrogen and oxygen atoms in total. The lowest BCUT2D eigenvalue weighted by Gasteiger charge is -2.20. The Balaban J connectivity index is 2.39. The van der Waals surface area contributed by atoms with Gasteiger partial charge in [0.25, 0.3) is 5.91 Å². The number of aliphatic carboxylic acids is 1. The number of carboxylic acid groups (broad SMARTS) is 1. The van der Waals surface area contributed by atoms with Gasteiger partial charge in [0, 0.05) is 12.4 Å². The number of aryl methyl sites for hydroxylation is 3. The van der Waals surface area contributed by atoms with Crippen LogP contribution >= 0.6 is 0 Å². The van der Waals surface area contributed by atoms with Gasteiger partial charge in [0.15, 0.2) is 5.65 Å². The van der Waals surface area contributed by atoms with Gasteiger partial charge in [0.2, 0.25) is 0 Å². The van der Waals surface area contributed by atoms with Crippen LogP contribution in [0.15, 0.2) is 6.07 Å². The zero-order chi connectivity index (χ0) is 17.3. The number of carbonyl (C=O) groups is 2. The van der Waals surface area contributed by atoms with Crippen LogP contribution in [0.1, 0.15) is 42.0 Å². The van der Waals surface area contributed by atoms with Gasteiger partial charge in [-0.1, -0.05) is 20.3 Å². The SMILES string of the molecule is CC[C@H](C)[C@H](NC(=O)c1cc2c(C)nn(C)c2nc1C)C(=O)O. The van der Waals surface area contributed by atoms with E-state index in [1.165, 1.54) is 0 Å². The average molecular weight is 318 g/mol. The van der Waals surface area contributed by atoms with Crippen LogP contribution in [0.2, 0.25) is 0 Å². The van der Waals surface area contributed by atoms with Gasteiger partial charge in [0.05, 0.1) is 17.0 Å². The summed E-state index contributed by atoms with van der Waals surface area (Å²) in [6.45, 7) is 7.28. The summed E-state index contributed by atoms with van der Waals surface area (Å²) in [5, 5.41) is 17.0. The number of hydrogen-bond acceptors (Lipinski definition) is 4. The van der Waals surface area contributed by atoms with Gasteiger partial charge in [0.1, 0.15) is 6.04 Å². The summed E-state index contributed by atoms with van der Waals surface area (Å²) in [4.78, 5) is 28.3. The summed E-state index contributed by atoms with van der Waals surface area (Å²) in [5.74, 6) is -1.61. The molecule has 2 N–H and O–H groups in total. The number of carbonyl (C=O) groups excluding carboxylic acids is 1. The summed E-state index contributed by atoms with van der Waals surface area (Å²) in [6.07, 6.45) is 0.662. The molecule has 0 aromatic carbocycles. The molecular formula is C16H22N4O3. The first kappa shape index (κ1) is 16.9. The summed E-state index contributed by atoms with van der Waals surface area (Å²) in [5.41, 5.74) is 2.41. The second kappa shape index (κ2) is 6.36. The van der Waals surface area contributed by atoms with Crippen LogP contribution in [0.5, 0.6) is 0 Å². The minimum atomic E-state index is -1.03. The summed E-state index contributed by atoms with van der Waals surface area (Å²) >= 11 is 0. The van der Waals surface area contributed by atoms with E-state index in [0.29, 0.717) is 23.3 Å². The number of fused-ring (bicyclic) bond motifs is 1. The third kappa shape index (κ3) is 3.18. The van der Waals surface area contributed by atoms with Gasteiger partial charge in [-0.25, -0.2) is 9.78 Å². The van der Waals surface area contributed by atoms with Crippen molar-refractivity contribution in [2.24, 2.45) is 13.0 Å². The first-order chi connectivity index (χ1) is 10.8. The predicted octanol–water partition coefficient (Wildman–Crippen LogP) is 1.81. The maximum atomic E-state index is 12.5. The van der Waals surface area contributed by atoms with Gasteiger partial charge in [-0.2, -0.15) is 5.10 Å². The van der Waals surface area contributed by atoms with Crippen LogP contribution in [0.25, 0.3) is 11.0 Å². The topological polar surface area (TPSA) is 97.1 Å². The van der Waals surface area contributed by atoms with E-state index in [2.05, 4.69) is 15.4 Å². The van der Waals surface area contributed by atoms with Crippen molar-refractivity contribution in [1.82, 2.24) is 20.1 Å². The molecular weight excluding hydrogens is 296 g/mol. The maximum absolute atomic E-state index is 12.5. The van der Waals surface area contributed by atoms with Crippen LogP contribution < -0.4 is 5.32 Å². The van der Waals surface area contributed by atoms with E-state index in [4.69, 9.17) is 0 Å². The first-order valence-corrected chi connectivity index (χ1v) is 7.60. The van der Waals surface area contributed by atoms with Crippen molar-refractivity contribution >= 4 is 22.9 Å². The number of nitrogens with zero attached hydrogens (tertiary/aromatic N) is 3. The lowest BCUT2D eigenvalue weighted by atomic mass is 9.98. The number of pyridine rings is 1. The molecule has 2 atom stereocenters. The molecule has 0 saturated carbocycles. The standard InChI is InChI=1S/C16H22N4O3/c1-6-8(2)13(16(22)23)18-15(21)12-7-11-10(4)19-20(5)14(11)17-9(12)3/h7-8,13H,6H2,1-5H3,(H,18,21)(H,22,23)/t8-,13-/m0/s1. The second-order valence-corrected chi connectivity index (χ2v) is 5.88. The highest BCUT2D eigenvalue weighted by Gasteiger charge is 2.27. The molecule has 1 amide bonds. The molecule has 7 heteroatoms. The Bertz CT molecular complexity index is 766. The van der Waals surface area contributed by atoms with Gasteiger partial charge < -0.3 is 10.4 Å². The molecule has 2 heterocycles. The Morgan fingerprint density at radius 1 is 1.35 bits per heavy atom. The Morgan fingerprint density at radius 3 is 2.57 bits per heavy atom. The molecule has 23 heavy (non-hydrogen) atoms. The van der Waals surface area contributed by atoms with Crippen molar-refractivity contribution in [2.45, 2.75) is 40.2 Å². The summed E-state index contributed by atoms with van der Waals surface area (Å²) < 4.78 is 1.67. The molecule has 0 radical (unpaired) electrons. The highest BCUT2D eigenvalue weighted by Crippen LogP contribution is 2.20. The van der Waals surface area contributed by atoms with Gasteiger partial charge in [-0.15, -0.1) is 0 Å². The molecule has 0 aliphatic rings. The third-order valence-corrected chi connectivity index (χ3v) is 4.20. The van der Waals surface area contributed by atoms with Crippen LogP contribution in [-0.2, 0) is 11.8 Å². The molecule has 2 aromatic rings. The van der Waals surface area contributed by atoms with E-state index in [1.807, 2.05) is 13.8 Å². The molecule has 0 saturated heterocycles. The highest BCUT2D eigenvalue weighted by molar-refractivity contribution is 6.00. The van der Waals surface area contributed by atoms with E-state index in [0.717, 1.165) is 11.1 Å². The molecule has 0 aliphatic heterocycles. The quantitative estimate of drug-likeness (QED) is 0.876. The van der Waals surface area contributed by atoms with Crippen LogP contribution in [-0.4, -0.2) is 37.8 Å². The maximum Gasteiger partial charge on any atom is 0.326 e. The fraction of sp³-hybridized carbons (Fsp3) is 0.500. The van der Waals surface area contributed by atoms with Crippen molar-refractivity contribution in [3.63, 3.8) is 0 Å². The second-order valence-electron chi connectivity index (χ2n) is 5.88. The number of rotatable bonds is 5. The molecule has 2 aromatic heterocycles. The normalized spacial score (nSPS) is 13.8. The molecule has 0 fully saturated rings. The zero-order valence-corrected chi connectivity index (χ0v) is 14.0. The number of aromatic nitrogens is 3. The highest BCUT2D eigenvalue weighted by atomic mass is 16.4.